The van der Waals surface area contributed by atoms with Crippen LogP contribution >= 0.6 is 0 Å². The van der Waals surface area contributed by atoms with Gasteiger partial charge in [0.25, 0.3) is 0 Å². The van der Waals surface area contributed by atoms with Crippen molar-refractivity contribution < 1.29 is 24.1 Å². The van der Waals surface area contributed by atoms with Crippen LogP contribution in [-0.4, -0.2) is 37.4 Å². The van der Waals surface area contributed by atoms with E-state index in [0.717, 1.165) is 0 Å². The molecule has 2 rings (SSSR count). The number of rotatable bonds is 5. The topological polar surface area (TPSA) is 77.9 Å². The number of benzene rings is 1. The second-order valence-electron chi connectivity index (χ2n) is 4.54. The molecule has 0 radical (unpaired) electrons. The van der Waals surface area contributed by atoms with Gasteiger partial charge in [-0.3, -0.25) is 4.98 Å². The lowest BCUT2D eigenvalue weighted by Gasteiger charge is -2.15. The Labute approximate surface area is 128 Å². The summed E-state index contributed by atoms with van der Waals surface area (Å²) < 4.78 is 16.0. The van der Waals surface area contributed by atoms with Gasteiger partial charge in [0.05, 0.1) is 43.8 Å². The van der Waals surface area contributed by atoms with Crippen LogP contribution in [0.5, 0.6) is 17.2 Å². The molecular formula is C16H17NO5. The average Bonchev–Trinajstić information content (AvgIpc) is 2.52. The van der Waals surface area contributed by atoms with E-state index in [9.17, 15) is 4.79 Å². The van der Waals surface area contributed by atoms with Crippen LogP contribution in [0.4, 0.5) is 0 Å². The van der Waals surface area contributed by atoms with Crippen molar-refractivity contribution in [3.05, 3.63) is 35.5 Å². The summed E-state index contributed by atoms with van der Waals surface area (Å²) in [6, 6.07) is 6.59. The molecule has 6 nitrogen and oxygen atoms in total. The number of aromatic carboxylic acids is 1. The number of nitrogens with zero attached hydrogens (tertiary/aromatic N) is 1. The smallest absolute Gasteiger partial charge is 0.337 e. The van der Waals surface area contributed by atoms with Gasteiger partial charge in [0, 0.05) is 12.1 Å². The van der Waals surface area contributed by atoms with Crippen LogP contribution in [0.2, 0.25) is 0 Å². The third-order valence-electron chi connectivity index (χ3n) is 3.29. The number of carbonyl (C=O) groups is 1. The summed E-state index contributed by atoms with van der Waals surface area (Å²) >= 11 is 0. The first-order chi connectivity index (χ1) is 10.5. The van der Waals surface area contributed by atoms with E-state index in [1.54, 1.807) is 32.2 Å². The zero-order valence-electron chi connectivity index (χ0n) is 12.8. The molecule has 0 unspecified atom stereocenters. The minimum absolute atomic E-state index is 0.162. The van der Waals surface area contributed by atoms with Crippen molar-refractivity contribution in [2.24, 2.45) is 0 Å². The summed E-state index contributed by atoms with van der Waals surface area (Å²) in [5, 5.41) is 9.09. The number of ether oxygens (including phenoxy) is 3. The van der Waals surface area contributed by atoms with Crippen molar-refractivity contribution in [1.29, 1.82) is 0 Å². The Kier molecular flexibility index (Phi) is 4.50. The van der Waals surface area contributed by atoms with E-state index < -0.39 is 5.97 Å². The predicted octanol–water partition coefficient (Wildman–Crippen LogP) is 2.78. The van der Waals surface area contributed by atoms with Crippen molar-refractivity contribution in [3.63, 3.8) is 0 Å². The van der Waals surface area contributed by atoms with Crippen LogP contribution < -0.4 is 14.2 Å². The minimum atomic E-state index is -1.01. The zero-order valence-corrected chi connectivity index (χ0v) is 12.8. The summed E-state index contributed by atoms with van der Waals surface area (Å²) in [7, 11) is 4.63. The molecule has 22 heavy (non-hydrogen) atoms. The van der Waals surface area contributed by atoms with E-state index in [-0.39, 0.29) is 5.56 Å². The Morgan fingerprint density at radius 2 is 1.64 bits per heavy atom. The van der Waals surface area contributed by atoms with Gasteiger partial charge in [-0.05, 0) is 19.1 Å². The maximum absolute atomic E-state index is 11.1. The van der Waals surface area contributed by atoms with E-state index in [0.29, 0.717) is 34.2 Å². The summed E-state index contributed by atoms with van der Waals surface area (Å²) in [6.07, 6.45) is 0. The highest BCUT2D eigenvalue weighted by atomic mass is 16.5. The van der Waals surface area contributed by atoms with Crippen molar-refractivity contribution >= 4 is 5.97 Å². The number of aromatic nitrogens is 1. The highest BCUT2D eigenvalue weighted by Crippen LogP contribution is 2.41. The molecule has 0 amide bonds. The number of pyridine rings is 1. The third kappa shape index (κ3) is 2.81. The van der Waals surface area contributed by atoms with Gasteiger partial charge in [0.2, 0.25) is 0 Å². The highest BCUT2D eigenvalue weighted by Gasteiger charge is 2.18. The largest absolute Gasteiger partial charge is 0.496 e. The maximum Gasteiger partial charge on any atom is 0.337 e. The second-order valence-corrected chi connectivity index (χ2v) is 4.54. The fraction of sp³-hybridized carbons (Fsp3) is 0.250. The fourth-order valence-corrected chi connectivity index (χ4v) is 2.18. The van der Waals surface area contributed by atoms with Crippen molar-refractivity contribution in [2.75, 3.05) is 21.3 Å². The van der Waals surface area contributed by atoms with Crippen LogP contribution in [0.15, 0.2) is 24.3 Å². The van der Waals surface area contributed by atoms with E-state index in [2.05, 4.69) is 4.98 Å². The number of hydrogen-bond acceptors (Lipinski definition) is 5. The molecule has 0 aliphatic rings. The fourth-order valence-electron chi connectivity index (χ4n) is 2.18. The summed E-state index contributed by atoms with van der Waals surface area (Å²) in [5.41, 5.74) is 1.80. The van der Waals surface area contributed by atoms with Gasteiger partial charge in [-0.25, -0.2) is 4.79 Å². The quantitative estimate of drug-likeness (QED) is 0.915. The first kappa shape index (κ1) is 15.6. The predicted molar refractivity (Wildman–Crippen MR) is 81.0 cm³/mol. The Balaban J connectivity index is 2.65. The molecule has 1 aromatic heterocycles. The number of carboxylic acid groups (broad SMARTS) is 1. The van der Waals surface area contributed by atoms with Crippen LogP contribution in [0.25, 0.3) is 11.3 Å². The molecule has 116 valence electrons. The Bertz CT molecular complexity index is 687. The van der Waals surface area contributed by atoms with E-state index in [1.165, 1.54) is 20.3 Å². The summed E-state index contributed by atoms with van der Waals surface area (Å²) in [4.78, 5) is 15.4. The van der Waals surface area contributed by atoms with Crippen LogP contribution in [-0.2, 0) is 0 Å². The minimum Gasteiger partial charge on any atom is -0.496 e. The molecule has 0 aliphatic heterocycles. The first-order valence-corrected chi connectivity index (χ1v) is 6.53. The van der Waals surface area contributed by atoms with Gasteiger partial charge in [-0.15, -0.1) is 0 Å². The zero-order chi connectivity index (χ0) is 16.3. The van der Waals surface area contributed by atoms with Crippen molar-refractivity contribution in [3.8, 4) is 28.5 Å². The Morgan fingerprint density at radius 3 is 2.05 bits per heavy atom. The lowest BCUT2D eigenvalue weighted by atomic mass is 10.1. The van der Waals surface area contributed by atoms with Gasteiger partial charge in [0.1, 0.15) is 17.2 Å². The summed E-state index contributed by atoms with van der Waals surface area (Å²) in [6.45, 7) is 1.65. The molecule has 2 aromatic rings. The number of hydrogen-bond donors (Lipinski definition) is 1. The number of methoxy groups -OCH3 is 3. The second kappa shape index (κ2) is 6.34. The maximum atomic E-state index is 11.1. The molecule has 1 N–H and O–H groups in total. The SMILES string of the molecule is COc1cc(OC)c(-c2ccc(C(=O)O)c(C)n2)c(OC)c1. The molecule has 0 fully saturated rings. The van der Waals surface area contributed by atoms with Gasteiger partial charge >= 0.3 is 5.97 Å². The van der Waals surface area contributed by atoms with Gasteiger partial charge in [-0.1, -0.05) is 0 Å². The molecule has 0 saturated carbocycles. The molecule has 0 atom stereocenters. The lowest BCUT2D eigenvalue weighted by molar-refractivity contribution is 0.0695. The average molecular weight is 303 g/mol. The molecule has 6 heteroatoms. The van der Waals surface area contributed by atoms with Crippen molar-refractivity contribution in [2.45, 2.75) is 6.92 Å². The Hall–Kier alpha value is -2.76. The van der Waals surface area contributed by atoms with Gasteiger partial charge in [-0.2, -0.15) is 0 Å². The van der Waals surface area contributed by atoms with E-state index in [4.69, 9.17) is 19.3 Å². The standard InChI is InChI=1S/C16H17NO5/c1-9-11(16(18)19)5-6-12(17-9)15-13(21-3)7-10(20-2)8-14(15)22-4/h5-8H,1-4H3,(H,18,19). The van der Waals surface area contributed by atoms with Crippen LogP contribution in [0.3, 0.4) is 0 Å². The summed E-state index contributed by atoms with van der Waals surface area (Å²) in [5.74, 6) is 0.652. The molecule has 0 spiro atoms. The van der Waals surface area contributed by atoms with Crippen LogP contribution in [0.1, 0.15) is 16.1 Å². The molecule has 0 bridgehead atoms. The van der Waals surface area contributed by atoms with Gasteiger partial charge < -0.3 is 19.3 Å². The molecule has 1 aromatic carbocycles. The highest BCUT2D eigenvalue weighted by molar-refractivity contribution is 5.89. The monoisotopic (exact) mass is 303 g/mol. The van der Waals surface area contributed by atoms with Crippen molar-refractivity contribution in [1.82, 2.24) is 4.98 Å². The van der Waals surface area contributed by atoms with Crippen LogP contribution in [0, 0.1) is 6.92 Å². The molecule has 0 saturated heterocycles. The number of carboxylic acids is 1. The van der Waals surface area contributed by atoms with E-state index in [1.807, 2.05) is 0 Å². The van der Waals surface area contributed by atoms with E-state index >= 15 is 0 Å². The number of aryl methyl sites for hydroxylation is 1. The lowest BCUT2D eigenvalue weighted by Crippen LogP contribution is -2.03. The molecular weight excluding hydrogens is 286 g/mol. The van der Waals surface area contributed by atoms with Gasteiger partial charge in [0.15, 0.2) is 0 Å². The Morgan fingerprint density at radius 1 is 1.05 bits per heavy atom. The molecule has 1 heterocycles. The normalized spacial score (nSPS) is 10.2. The molecule has 0 aliphatic carbocycles. The first-order valence-electron chi connectivity index (χ1n) is 6.53. The third-order valence-corrected chi connectivity index (χ3v) is 3.29.